The van der Waals surface area contributed by atoms with Gasteiger partial charge in [-0.15, -0.1) is 0 Å². The summed E-state index contributed by atoms with van der Waals surface area (Å²) in [6.07, 6.45) is 2.50. The number of benzene rings is 1. The Morgan fingerprint density at radius 1 is 1.35 bits per heavy atom. The fourth-order valence-electron chi connectivity index (χ4n) is 2.17. The second-order valence-electron chi connectivity index (χ2n) is 5.32. The lowest BCUT2D eigenvalue weighted by atomic mass is 9.95. The van der Waals surface area contributed by atoms with Crippen LogP contribution in [0.15, 0.2) is 35.1 Å². The second-order valence-corrected chi connectivity index (χ2v) is 6.23. The van der Waals surface area contributed by atoms with Crippen LogP contribution in [0.1, 0.15) is 31.2 Å². The van der Waals surface area contributed by atoms with Gasteiger partial charge in [0.15, 0.2) is 0 Å². The van der Waals surface area contributed by atoms with Crippen molar-refractivity contribution < 1.29 is 0 Å². The lowest BCUT2D eigenvalue weighted by molar-refractivity contribution is 0.512. The first-order chi connectivity index (χ1) is 9.56. The minimum atomic E-state index is 0.387. The molecule has 2 aromatic rings. The maximum atomic E-state index is 4.34. The molecule has 108 valence electrons. The molecule has 20 heavy (non-hydrogen) atoms. The van der Waals surface area contributed by atoms with Crippen molar-refractivity contribution in [1.29, 1.82) is 0 Å². The number of hydrogen-bond donors (Lipinski definition) is 1. The minimum absolute atomic E-state index is 0.387. The molecular formula is C15H21BrN4. The summed E-state index contributed by atoms with van der Waals surface area (Å²) >= 11 is 3.55. The van der Waals surface area contributed by atoms with Crippen LogP contribution < -0.4 is 5.32 Å². The summed E-state index contributed by atoms with van der Waals surface area (Å²) in [7, 11) is 1.94. The summed E-state index contributed by atoms with van der Waals surface area (Å²) in [6, 6.07) is 8.97. The fourth-order valence-corrected chi connectivity index (χ4v) is 2.59. The van der Waals surface area contributed by atoms with E-state index in [-0.39, 0.29) is 0 Å². The SMILES string of the molecule is CC(C)NCC(Cc1ncnn1C)c1cccc(Br)c1. The highest BCUT2D eigenvalue weighted by Gasteiger charge is 2.16. The third-order valence-electron chi connectivity index (χ3n) is 3.33. The van der Waals surface area contributed by atoms with Crippen LogP contribution in [0, 0.1) is 0 Å². The fraction of sp³-hybridized carbons (Fsp3) is 0.467. The molecule has 4 nitrogen and oxygen atoms in total. The molecule has 1 aromatic carbocycles. The van der Waals surface area contributed by atoms with E-state index in [9.17, 15) is 0 Å². The largest absolute Gasteiger partial charge is 0.314 e. The van der Waals surface area contributed by atoms with Crippen LogP contribution >= 0.6 is 15.9 Å². The quantitative estimate of drug-likeness (QED) is 0.881. The molecule has 1 N–H and O–H groups in total. The zero-order valence-corrected chi connectivity index (χ0v) is 13.8. The number of nitrogens with one attached hydrogen (secondary N) is 1. The zero-order valence-electron chi connectivity index (χ0n) is 12.2. The standard InChI is InChI=1S/C15H21BrN4/c1-11(2)17-9-13(8-15-18-10-19-20(15)3)12-5-4-6-14(16)7-12/h4-7,10-11,13,17H,8-9H2,1-3H3. The average Bonchev–Trinajstić information content (AvgIpc) is 2.79. The van der Waals surface area contributed by atoms with Gasteiger partial charge in [0.2, 0.25) is 0 Å². The molecule has 0 saturated heterocycles. The Bertz CT molecular complexity index is 550. The van der Waals surface area contributed by atoms with Gasteiger partial charge < -0.3 is 5.32 Å². The normalized spacial score (nSPS) is 12.8. The molecule has 1 unspecified atom stereocenters. The van der Waals surface area contributed by atoms with E-state index in [0.717, 1.165) is 23.3 Å². The Morgan fingerprint density at radius 3 is 2.75 bits per heavy atom. The molecule has 0 saturated carbocycles. The van der Waals surface area contributed by atoms with Crippen LogP contribution in [0.4, 0.5) is 0 Å². The van der Waals surface area contributed by atoms with Crippen molar-refractivity contribution in [2.75, 3.05) is 6.54 Å². The number of halogens is 1. The van der Waals surface area contributed by atoms with E-state index in [1.54, 1.807) is 6.33 Å². The number of aryl methyl sites for hydroxylation is 1. The molecule has 0 amide bonds. The summed E-state index contributed by atoms with van der Waals surface area (Å²) in [5.74, 6) is 1.40. The third-order valence-corrected chi connectivity index (χ3v) is 3.82. The Balaban J connectivity index is 2.18. The summed E-state index contributed by atoms with van der Waals surface area (Å²) in [4.78, 5) is 4.34. The number of nitrogens with zero attached hydrogens (tertiary/aromatic N) is 3. The van der Waals surface area contributed by atoms with E-state index in [2.05, 4.69) is 69.4 Å². The number of rotatable bonds is 6. The molecule has 0 aliphatic heterocycles. The molecule has 0 aliphatic carbocycles. The summed E-state index contributed by atoms with van der Waals surface area (Å²) in [5.41, 5.74) is 1.32. The van der Waals surface area contributed by atoms with Crippen LogP contribution in [0.25, 0.3) is 0 Å². The molecule has 1 aromatic heterocycles. The Hall–Kier alpha value is -1.20. The first-order valence-corrected chi connectivity index (χ1v) is 7.67. The zero-order chi connectivity index (χ0) is 14.5. The molecule has 0 spiro atoms. The summed E-state index contributed by atoms with van der Waals surface area (Å²) in [6.45, 7) is 5.27. The van der Waals surface area contributed by atoms with Gasteiger partial charge in [-0.05, 0) is 17.7 Å². The molecule has 2 rings (SSSR count). The van der Waals surface area contributed by atoms with E-state index < -0.39 is 0 Å². The third kappa shape index (κ3) is 4.15. The van der Waals surface area contributed by atoms with Gasteiger partial charge >= 0.3 is 0 Å². The second kappa shape index (κ2) is 6.99. The van der Waals surface area contributed by atoms with E-state index in [1.165, 1.54) is 5.56 Å². The Labute approximate surface area is 128 Å². The van der Waals surface area contributed by atoms with E-state index >= 15 is 0 Å². The van der Waals surface area contributed by atoms with Crippen LogP contribution in [0.3, 0.4) is 0 Å². The number of aromatic nitrogens is 3. The topological polar surface area (TPSA) is 42.7 Å². The van der Waals surface area contributed by atoms with Gasteiger partial charge in [0.25, 0.3) is 0 Å². The van der Waals surface area contributed by atoms with Gasteiger partial charge in [-0.1, -0.05) is 41.9 Å². The van der Waals surface area contributed by atoms with Gasteiger partial charge in [0.1, 0.15) is 12.2 Å². The maximum Gasteiger partial charge on any atom is 0.138 e. The van der Waals surface area contributed by atoms with Crippen LogP contribution in [-0.4, -0.2) is 27.4 Å². The molecule has 1 atom stereocenters. The van der Waals surface area contributed by atoms with Crippen molar-refractivity contribution in [1.82, 2.24) is 20.1 Å². The van der Waals surface area contributed by atoms with Gasteiger partial charge in [-0.2, -0.15) is 5.10 Å². The molecular weight excluding hydrogens is 316 g/mol. The van der Waals surface area contributed by atoms with Gasteiger partial charge in [-0.3, -0.25) is 4.68 Å². The van der Waals surface area contributed by atoms with Crippen molar-refractivity contribution in [2.45, 2.75) is 32.2 Å². The first-order valence-electron chi connectivity index (χ1n) is 6.88. The van der Waals surface area contributed by atoms with E-state index in [0.29, 0.717) is 12.0 Å². The molecule has 5 heteroatoms. The predicted octanol–water partition coefficient (Wildman–Crippen LogP) is 2.90. The molecule has 0 bridgehead atoms. The summed E-state index contributed by atoms with van der Waals surface area (Å²) < 4.78 is 2.96. The van der Waals surface area contributed by atoms with Crippen LogP contribution in [-0.2, 0) is 13.5 Å². The van der Waals surface area contributed by atoms with Crippen molar-refractivity contribution >= 4 is 15.9 Å². The highest BCUT2D eigenvalue weighted by molar-refractivity contribution is 9.10. The van der Waals surface area contributed by atoms with Crippen molar-refractivity contribution in [3.05, 3.63) is 46.5 Å². The maximum absolute atomic E-state index is 4.34. The van der Waals surface area contributed by atoms with Gasteiger partial charge in [0.05, 0.1) is 0 Å². The monoisotopic (exact) mass is 336 g/mol. The predicted molar refractivity (Wildman–Crippen MR) is 84.7 cm³/mol. The highest BCUT2D eigenvalue weighted by atomic mass is 79.9. The van der Waals surface area contributed by atoms with Crippen molar-refractivity contribution in [2.24, 2.45) is 7.05 Å². The molecule has 0 radical (unpaired) electrons. The minimum Gasteiger partial charge on any atom is -0.314 e. The van der Waals surface area contributed by atoms with E-state index in [1.807, 2.05) is 11.7 Å². The van der Waals surface area contributed by atoms with Crippen LogP contribution in [0.2, 0.25) is 0 Å². The lowest BCUT2D eigenvalue weighted by Crippen LogP contribution is -2.29. The van der Waals surface area contributed by atoms with E-state index in [4.69, 9.17) is 0 Å². The highest BCUT2D eigenvalue weighted by Crippen LogP contribution is 2.22. The van der Waals surface area contributed by atoms with Crippen LogP contribution in [0.5, 0.6) is 0 Å². The summed E-state index contributed by atoms with van der Waals surface area (Å²) in [5, 5.41) is 7.67. The number of hydrogen-bond acceptors (Lipinski definition) is 3. The Morgan fingerprint density at radius 2 is 2.15 bits per heavy atom. The van der Waals surface area contributed by atoms with Crippen molar-refractivity contribution in [3.63, 3.8) is 0 Å². The average molecular weight is 337 g/mol. The molecule has 0 fully saturated rings. The Kier molecular flexibility index (Phi) is 5.31. The van der Waals surface area contributed by atoms with Gasteiger partial charge in [0, 0.05) is 36.4 Å². The smallest absolute Gasteiger partial charge is 0.138 e. The molecule has 1 heterocycles. The first kappa shape index (κ1) is 15.2. The lowest BCUT2D eigenvalue weighted by Gasteiger charge is -2.19. The van der Waals surface area contributed by atoms with Gasteiger partial charge in [-0.25, -0.2) is 4.98 Å². The molecule has 0 aliphatic rings. The van der Waals surface area contributed by atoms with Crippen molar-refractivity contribution in [3.8, 4) is 0 Å².